The van der Waals surface area contributed by atoms with E-state index in [0.29, 0.717) is 11.3 Å². The average molecular weight is 284 g/mol. The van der Waals surface area contributed by atoms with E-state index in [0.717, 1.165) is 25.7 Å². The van der Waals surface area contributed by atoms with E-state index in [-0.39, 0.29) is 17.8 Å². The highest BCUT2D eigenvalue weighted by Crippen LogP contribution is 2.27. The Labute approximate surface area is 116 Å². The van der Waals surface area contributed by atoms with Gasteiger partial charge in [-0.3, -0.25) is 0 Å². The van der Waals surface area contributed by atoms with Crippen molar-refractivity contribution < 1.29 is 18.3 Å². The van der Waals surface area contributed by atoms with Gasteiger partial charge in [0.05, 0.1) is 0 Å². The summed E-state index contributed by atoms with van der Waals surface area (Å²) in [6, 6.07) is 4.56. The van der Waals surface area contributed by atoms with Crippen LogP contribution >= 0.6 is 0 Å². The molecule has 2 N–H and O–H groups in total. The summed E-state index contributed by atoms with van der Waals surface area (Å²) in [5.74, 6) is 0.0682. The number of urea groups is 1. The molecule has 2 rings (SSSR count). The largest absolute Gasteiger partial charge is 0.434 e. The monoisotopic (exact) mass is 284 g/mol. The standard InChI is InChI=1S/C14H18F2N2O2/c1-9-11(7-4-8-12(9)20-13(15)16)18-14(19)17-10-5-2-3-6-10/h4,7-8,10,13H,2-3,5-6H2,1H3,(H2,17,18,19). The van der Waals surface area contributed by atoms with Crippen LogP contribution in [0.15, 0.2) is 18.2 Å². The van der Waals surface area contributed by atoms with E-state index >= 15 is 0 Å². The highest BCUT2D eigenvalue weighted by atomic mass is 19.3. The number of benzene rings is 1. The molecule has 0 spiro atoms. The number of rotatable bonds is 4. The Bertz CT molecular complexity index is 474. The fourth-order valence-electron chi connectivity index (χ4n) is 2.39. The molecule has 110 valence electrons. The number of ether oxygens (including phenoxy) is 1. The average Bonchev–Trinajstić information content (AvgIpc) is 2.86. The second kappa shape index (κ2) is 6.54. The molecule has 4 nitrogen and oxygen atoms in total. The van der Waals surface area contributed by atoms with Gasteiger partial charge in [0.25, 0.3) is 0 Å². The van der Waals surface area contributed by atoms with E-state index < -0.39 is 6.61 Å². The molecule has 0 saturated heterocycles. The van der Waals surface area contributed by atoms with E-state index in [1.54, 1.807) is 19.1 Å². The van der Waals surface area contributed by atoms with Crippen LogP contribution in [0.1, 0.15) is 31.2 Å². The highest BCUT2D eigenvalue weighted by molar-refractivity contribution is 5.90. The molecular formula is C14H18F2N2O2. The molecular weight excluding hydrogens is 266 g/mol. The molecule has 0 aromatic heterocycles. The number of anilines is 1. The molecule has 1 aliphatic rings. The summed E-state index contributed by atoms with van der Waals surface area (Å²) >= 11 is 0. The van der Waals surface area contributed by atoms with Crippen LogP contribution in [0.25, 0.3) is 0 Å². The SMILES string of the molecule is Cc1c(NC(=O)NC2CCCC2)cccc1OC(F)F. The molecule has 1 aromatic carbocycles. The number of carbonyl (C=O) groups excluding carboxylic acids is 1. The fraction of sp³-hybridized carbons (Fsp3) is 0.500. The van der Waals surface area contributed by atoms with Gasteiger partial charge in [0.15, 0.2) is 0 Å². The summed E-state index contributed by atoms with van der Waals surface area (Å²) in [4.78, 5) is 11.8. The lowest BCUT2D eigenvalue weighted by Crippen LogP contribution is -2.36. The highest BCUT2D eigenvalue weighted by Gasteiger charge is 2.18. The van der Waals surface area contributed by atoms with E-state index in [9.17, 15) is 13.6 Å². The summed E-state index contributed by atoms with van der Waals surface area (Å²) in [6.07, 6.45) is 4.23. The van der Waals surface area contributed by atoms with Crippen molar-refractivity contribution in [3.63, 3.8) is 0 Å². The number of nitrogens with one attached hydrogen (secondary N) is 2. The number of halogens is 2. The zero-order chi connectivity index (χ0) is 14.5. The molecule has 1 aromatic rings. The first-order valence-electron chi connectivity index (χ1n) is 6.68. The maximum absolute atomic E-state index is 12.2. The predicted molar refractivity (Wildman–Crippen MR) is 72.2 cm³/mol. The van der Waals surface area contributed by atoms with E-state index in [1.807, 2.05) is 0 Å². The minimum Gasteiger partial charge on any atom is -0.434 e. The second-order valence-corrected chi connectivity index (χ2v) is 4.89. The lowest BCUT2D eigenvalue weighted by molar-refractivity contribution is -0.0502. The molecule has 0 heterocycles. The van der Waals surface area contributed by atoms with Gasteiger partial charge < -0.3 is 15.4 Å². The summed E-state index contributed by atoms with van der Waals surface area (Å²) < 4.78 is 28.9. The first-order chi connectivity index (χ1) is 9.56. The molecule has 0 atom stereocenters. The predicted octanol–water partition coefficient (Wildman–Crippen LogP) is 3.66. The smallest absolute Gasteiger partial charge is 0.387 e. The maximum atomic E-state index is 12.2. The summed E-state index contributed by atoms with van der Waals surface area (Å²) in [7, 11) is 0. The zero-order valence-corrected chi connectivity index (χ0v) is 11.3. The van der Waals surface area contributed by atoms with Crippen LogP contribution in [0.4, 0.5) is 19.3 Å². The Hall–Kier alpha value is -1.85. The number of amides is 2. The van der Waals surface area contributed by atoms with E-state index in [2.05, 4.69) is 15.4 Å². The summed E-state index contributed by atoms with van der Waals surface area (Å²) in [5, 5.41) is 5.55. The van der Waals surface area contributed by atoms with Crippen molar-refractivity contribution in [3.05, 3.63) is 23.8 Å². The van der Waals surface area contributed by atoms with Gasteiger partial charge in [-0.25, -0.2) is 4.79 Å². The Morgan fingerprint density at radius 3 is 2.70 bits per heavy atom. The third-order valence-electron chi connectivity index (χ3n) is 3.44. The van der Waals surface area contributed by atoms with Crippen molar-refractivity contribution >= 4 is 11.7 Å². The van der Waals surface area contributed by atoms with E-state index in [1.165, 1.54) is 6.07 Å². The molecule has 0 aliphatic heterocycles. The molecule has 1 saturated carbocycles. The van der Waals surface area contributed by atoms with Gasteiger partial charge in [-0.2, -0.15) is 8.78 Å². The number of carbonyl (C=O) groups is 1. The van der Waals surface area contributed by atoms with Crippen LogP contribution in [-0.2, 0) is 0 Å². The number of alkyl halides is 2. The normalized spacial score (nSPS) is 15.4. The topological polar surface area (TPSA) is 50.4 Å². The molecule has 2 amide bonds. The Balaban J connectivity index is 1.99. The van der Waals surface area contributed by atoms with Gasteiger partial charge in [0.2, 0.25) is 0 Å². The quantitative estimate of drug-likeness (QED) is 0.886. The minimum atomic E-state index is -2.88. The molecule has 6 heteroatoms. The van der Waals surface area contributed by atoms with Gasteiger partial charge in [0, 0.05) is 17.3 Å². The van der Waals surface area contributed by atoms with Crippen LogP contribution < -0.4 is 15.4 Å². The molecule has 1 fully saturated rings. The van der Waals surface area contributed by atoms with Crippen molar-refractivity contribution in [3.8, 4) is 5.75 Å². The third-order valence-corrected chi connectivity index (χ3v) is 3.44. The Kier molecular flexibility index (Phi) is 4.76. The zero-order valence-electron chi connectivity index (χ0n) is 11.3. The lowest BCUT2D eigenvalue weighted by atomic mass is 10.2. The van der Waals surface area contributed by atoms with Gasteiger partial charge >= 0.3 is 12.6 Å². The number of hydrogen-bond donors (Lipinski definition) is 2. The van der Waals surface area contributed by atoms with Gasteiger partial charge in [-0.05, 0) is 31.9 Å². The van der Waals surface area contributed by atoms with Crippen molar-refractivity contribution in [2.24, 2.45) is 0 Å². The Morgan fingerprint density at radius 2 is 2.05 bits per heavy atom. The molecule has 0 bridgehead atoms. The first kappa shape index (κ1) is 14.6. The number of hydrogen-bond acceptors (Lipinski definition) is 2. The van der Waals surface area contributed by atoms with Crippen LogP contribution in [0.3, 0.4) is 0 Å². The molecule has 0 radical (unpaired) electrons. The first-order valence-corrected chi connectivity index (χ1v) is 6.68. The van der Waals surface area contributed by atoms with Crippen LogP contribution in [0.2, 0.25) is 0 Å². The van der Waals surface area contributed by atoms with Crippen molar-refractivity contribution in [2.45, 2.75) is 45.3 Å². The summed E-state index contributed by atoms with van der Waals surface area (Å²) in [6.45, 7) is -1.25. The fourth-order valence-corrected chi connectivity index (χ4v) is 2.39. The van der Waals surface area contributed by atoms with Crippen molar-refractivity contribution in [1.29, 1.82) is 0 Å². The lowest BCUT2D eigenvalue weighted by Gasteiger charge is -2.15. The van der Waals surface area contributed by atoms with Crippen molar-refractivity contribution in [1.82, 2.24) is 5.32 Å². The third kappa shape index (κ3) is 3.82. The van der Waals surface area contributed by atoms with Crippen LogP contribution in [-0.4, -0.2) is 18.7 Å². The van der Waals surface area contributed by atoms with Crippen molar-refractivity contribution in [2.75, 3.05) is 5.32 Å². The molecule has 20 heavy (non-hydrogen) atoms. The summed E-state index contributed by atoms with van der Waals surface area (Å²) in [5.41, 5.74) is 0.952. The maximum Gasteiger partial charge on any atom is 0.387 e. The minimum absolute atomic E-state index is 0.0682. The van der Waals surface area contributed by atoms with E-state index in [4.69, 9.17) is 0 Å². The van der Waals surface area contributed by atoms with Gasteiger partial charge in [0.1, 0.15) is 5.75 Å². The molecule has 0 unspecified atom stereocenters. The van der Waals surface area contributed by atoms with Gasteiger partial charge in [-0.15, -0.1) is 0 Å². The van der Waals surface area contributed by atoms with Crippen LogP contribution in [0.5, 0.6) is 5.75 Å². The Morgan fingerprint density at radius 1 is 1.35 bits per heavy atom. The second-order valence-electron chi connectivity index (χ2n) is 4.89. The van der Waals surface area contributed by atoms with Gasteiger partial charge in [-0.1, -0.05) is 18.9 Å². The molecule has 1 aliphatic carbocycles. The van der Waals surface area contributed by atoms with Crippen LogP contribution in [0, 0.1) is 6.92 Å².